The molecule has 0 aliphatic carbocycles. The van der Waals surface area contributed by atoms with Crippen LogP contribution in [0.2, 0.25) is 0 Å². The van der Waals surface area contributed by atoms with Gasteiger partial charge in [-0.3, -0.25) is 14.5 Å². The van der Waals surface area contributed by atoms with Crippen LogP contribution < -0.4 is 0 Å². The molecule has 4 heterocycles. The summed E-state index contributed by atoms with van der Waals surface area (Å²) in [6, 6.07) is 14.2. The molecule has 33 heavy (non-hydrogen) atoms. The van der Waals surface area contributed by atoms with Crippen LogP contribution in [0.5, 0.6) is 0 Å². The summed E-state index contributed by atoms with van der Waals surface area (Å²) in [6.07, 6.45) is 2.49. The smallest absolute Gasteiger partial charge is 0.289 e. The molecule has 2 aliphatic heterocycles. The summed E-state index contributed by atoms with van der Waals surface area (Å²) >= 11 is 1.81. The molecular weight excluding hydrogens is 434 g/mol. The largest absolute Gasteiger partial charge is 0.459 e. The molecule has 2 amide bonds. The molecule has 1 aromatic carbocycles. The van der Waals surface area contributed by atoms with E-state index in [0.717, 1.165) is 13.0 Å². The zero-order valence-corrected chi connectivity index (χ0v) is 19.9. The van der Waals surface area contributed by atoms with Crippen LogP contribution in [0.4, 0.5) is 0 Å². The summed E-state index contributed by atoms with van der Waals surface area (Å²) in [5, 5.41) is 2.16. The summed E-state index contributed by atoms with van der Waals surface area (Å²) < 4.78 is 5.28. The Morgan fingerprint density at radius 3 is 2.67 bits per heavy atom. The number of hydrogen-bond donors (Lipinski definition) is 0. The first-order valence-corrected chi connectivity index (χ1v) is 12.4. The van der Waals surface area contributed by atoms with E-state index in [4.69, 9.17) is 4.42 Å². The van der Waals surface area contributed by atoms with Crippen molar-refractivity contribution < 1.29 is 14.0 Å². The molecule has 0 spiro atoms. The normalized spacial score (nSPS) is 21.2. The number of piperazine rings is 1. The van der Waals surface area contributed by atoms with Crippen LogP contribution in [0, 0.1) is 6.92 Å². The molecule has 172 valence electrons. The van der Waals surface area contributed by atoms with Crippen molar-refractivity contribution in [1.82, 2.24) is 14.7 Å². The Bertz CT molecular complexity index is 1140. The van der Waals surface area contributed by atoms with E-state index < -0.39 is 0 Å². The predicted molar refractivity (Wildman–Crippen MR) is 128 cm³/mol. The number of thiophene rings is 1. The van der Waals surface area contributed by atoms with Gasteiger partial charge < -0.3 is 14.2 Å². The SMILES string of the molecule is Cc1ccccc1[C@@H]1c2ccsc2CCN1CC(=O)N1CCN(C(=O)c2ccco2)[C@H](C)C1. The monoisotopic (exact) mass is 463 g/mol. The zero-order chi connectivity index (χ0) is 22.9. The van der Waals surface area contributed by atoms with Crippen molar-refractivity contribution in [2.24, 2.45) is 0 Å². The van der Waals surface area contributed by atoms with Crippen LogP contribution >= 0.6 is 11.3 Å². The third-order valence-corrected chi connectivity index (χ3v) is 7.86. The molecule has 7 heteroatoms. The molecule has 6 nitrogen and oxygen atoms in total. The summed E-state index contributed by atoms with van der Waals surface area (Å²) in [4.78, 5) is 33.6. The Morgan fingerprint density at radius 2 is 1.91 bits per heavy atom. The van der Waals surface area contributed by atoms with E-state index in [9.17, 15) is 9.59 Å². The first-order chi connectivity index (χ1) is 16.0. The fraction of sp³-hybridized carbons (Fsp3) is 0.385. The average molecular weight is 464 g/mol. The molecule has 2 aromatic heterocycles. The molecule has 2 aliphatic rings. The molecule has 5 rings (SSSR count). The molecule has 0 N–H and O–H groups in total. The molecular formula is C26H29N3O3S. The van der Waals surface area contributed by atoms with Gasteiger partial charge in [-0.05, 0) is 60.5 Å². The Hall–Kier alpha value is -2.90. The highest BCUT2D eigenvalue weighted by Crippen LogP contribution is 2.38. The van der Waals surface area contributed by atoms with E-state index in [-0.39, 0.29) is 23.9 Å². The minimum atomic E-state index is -0.111. The Kier molecular flexibility index (Phi) is 6.08. The molecule has 0 bridgehead atoms. The summed E-state index contributed by atoms with van der Waals surface area (Å²) in [7, 11) is 0. The predicted octanol–water partition coefficient (Wildman–Crippen LogP) is 3.97. The lowest BCUT2D eigenvalue weighted by Crippen LogP contribution is -2.57. The highest BCUT2D eigenvalue weighted by Gasteiger charge is 2.35. The zero-order valence-electron chi connectivity index (χ0n) is 19.1. The van der Waals surface area contributed by atoms with Crippen LogP contribution in [0.25, 0.3) is 0 Å². The number of rotatable bonds is 4. The van der Waals surface area contributed by atoms with E-state index in [2.05, 4.69) is 47.5 Å². The minimum absolute atomic E-state index is 0.0581. The van der Waals surface area contributed by atoms with Gasteiger partial charge in [-0.25, -0.2) is 0 Å². The van der Waals surface area contributed by atoms with Gasteiger partial charge in [-0.1, -0.05) is 24.3 Å². The number of benzene rings is 1. The van der Waals surface area contributed by atoms with Crippen LogP contribution in [0.1, 0.15) is 45.1 Å². The van der Waals surface area contributed by atoms with Crippen molar-refractivity contribution in [3.8, 4) is 0 Å². The summed E-state index contributed by atoms with van der Waals surface area (Å²) in [5.74, 6) is 0.368. The van der Waals surface area contributed by atoms with Gasteiger partial charge in [0.25, 0.3) is 5.91 Å². The maximum absolute atomic E-state index is 13.4. The van der Waals surface area contributed by atoms with Gasteiger partial charge in [0.2, 0.25) is 5.91 Å². The number of carbonyl (C=O) groups excluding carboxylic acids is 2. The van der Waals surface area contributed by atoms with Crippen LogP contribution in [0.3, 0.4) is 0 Å². The van der Waals surface area contributed by atoms with Gasteiger partial charge in [0, 0.05) is 37.1 Å². The lowest BCUT2D eigenvalue weighted by atomic mass is 9.90. The topological polar surface area (TPSA) is 57.0 Å². The number of aryl methyl sites for hydroxylation is 1. The van der Waals surface area contributed by atoms with E-state index in [1.54, 1.807) is 17.0 Å². The maximum Gasteiger partial charge on any atom is 0.289 e. The Balaban J connectivity index is 1.30. The maximum atomic E-state index is 13.4. The van der Waals surface area contributed by atoms with Crippen molar-refractivity contribution in [2.75, 3.05) is 32.7 Å². The second-order valence-electron chi connectivity index (χ2n) is 8.94. The van der Waals surface area contributed by atoms with Crippen molar-refractivity contribution in [3.63, 3.8) is 0 Å². The third-order valence-electron chi connectivity index (χ3n) is 6.86. The first-order valence-electron chi connectivity index (χ1n) is 11.5. The highest BCUT2D eigenvalue weighted by molar-refractivity contribution is 7.10. The fourth-order valence-corrected chi connectivity index (χ4v) is 6.00. The Labute approximate surface area is 198 Å². The van der Waals surface area contributed by atoms with Crippen molar-refractivity contribution in [1.29, 1.82) is 0 Å². The van der Waals surface area contributed by atoms with E-state index in [1.165, 1.54) is 27.8 Å². The second kappa shape index (κ2) is 9.15. The van der Waals surface area contributed by atoms with Crippen molar-refractivity contribution in [2.45, 2.75) is 32.4 Å². The number of nitrogens with zero attached hydrogens (tertiary/aromatic N) is 3. The van der Waals surface area contributed by atoms with E-state index in [1.807, 2.05) is 23.2 Å². The van der Waals surface area contributed by atoms with Gasteiger partial charge in [0.05, 0.1) is 18.8 Å². The Morgan fingerprint density at radius 1 is 1.06 bits per heavy atom. The molecule has 1 saturated heterocycles. The number of furan rings is 1. The number of fused-ring (bicyclic) bond motifs is 1. The molecule has 2 atom stereocenters. The van der Waals surface area contributed by atoms with Gasteiger partial charge in [-0.2, -0.15) is 0 Å². The van der Waals surface area contributed by atoms with Crippen LogP contribution in [-0.2, 0) is 11.2 Å². The first kappa shape index (κ1) is 21.9. The van der Waals surface area contributed by atoms with Gasteiger partial charge >= 0.3 is 0 Å². The van der Waals surface area contributed by atoms with Crippen LogP contribution in [0.15, 0.2) is 58.5 Å². The number of amides is 2. The number of hydrogen-bond acceptors (Lipinski definition) is 5. The van der Waals surface area contributed by atoms with Gasteiger partial charge in [0.15, 0.2) is 5.76 Å². The minimum Gasteiger partial charge on any atom is -0.459 e. The van der Waals surface area contributed by atoms with E-state index >= 15 is 0 Å². The molecule has 0 unspecified atom stereocenters. The quantitative estimate of drug-likeness (QED) is 0.588. The third kappa shape index (κ3) is 4.23. The lowest BCUT2D eigenvalue weighted by molar-refractivity contribution is -0.135. The molecule has 0 saturated carbocycles. The lowest BCUT2D eigenvalue weighted by Gasteiger charge is -2.41. The average Bonchev–Trinajstić information content (AvgIpc) is 3.51. The van der Waals surface area contributed by atoms with Gasteiger partial charge in [0.1, 0.15) is 0 Å². The standard InChI is InChI=1S/C26H29N3O3S/c1-18-6-3-4-7-20(18)25-21-10-15-33-23(21)9-11-28(25)17-24(30)27-12-13-29(19(2)16-27)26(31)22-8-5-14-32-22/h3-8,10,14-15,19,25H,9,11-13,16-17H2,1-2H3/t19-,25-/m1/s1. The fourth-order valence-electron chi connectivity index (χ4n) is 5.10. The highest BCUT2D eigenvalue weighted by atomic mass is 32.1. The van der Waals surface area contributed by atoms with Crippen molar-refractivity contribution in [3.05, 3.63) is 81.4 Å². The van der Waals surface area contributed by atoms with E-state index in [0.29, 0.717) is 31.9 Å². The van der Waals surface area contributed by atoms with Crippen LogP contribution in [-0.4, -0.2) is 65.3 Å². The van der Waals surface area contributed by atoms with Gasteiger partial charge in [-0.15, -0.1) is 11.3 Å². The summed E-state index contributed by atoms with van der Waals surface area (Å²) in [6.45, 7) is 6.99. The van der Waals surface area contributed by atoms with Crippen molar-refractivity contribution >= 4 is 23.2 Å². The molecule has 3 aromatic rings. The molecule has 0 radical (unpaired) electrons. The molecule has 1 fully saturated rings. The summed E-state index contributed by atoms with van der Waals surface area (Å²) in [5.41, 5.74) is 3.85. The number of carbonyl (C=O) groups is 2. The second-order valence-corrected chi connectivity index (χ2v) is 9.94.